The number of carbonyl (C=O) groups is 2. The third kappa shape index (κ3) is 7.53. The van der Waals surface area contributed by atoms with Gasteiger partial charge in [0.2, 0.25) is 5.43 Å². The molecule has 0 aromatic carbocycles. The van der Waals surface area contributed by atoms with Crippen LogP contribution in [0.3, 0.4) is 0 Å². The first kappa shape index (κ1) is 25.7. The SMILES string of the molecule is O=C(NCCC1=CCCCC1)c1cn(CC2CCCO2)cc(C(=O)NC2CCCCCCC2)c1=O. The van der Waals surface area contributed by atoms with Crippen LogP contribution >= 0.6 is 0 Å². The van der Waals surface area contributed by atoms with Crippen LogP contribution in [-0.4, -0.2) is 41.7 Å². The smallest absolute Gasteiger partial charge is 0.256 e. The molecule has 2 fully saturated rings. The number of amides is 2. The van der Waals surface area contributed by atoms with E-state index in [0.29, 0.717) is 13.1 Å². The van der Waals surface area contributed by atoms with Gasteiger partial charge in [-0.2, -0.15) is 0 Å². The van der Waals surface area contributed by atoms with Gasteiger partial charge in [-0.05, 0) is 57.8 Å². The first-order chi connectivity index (χ1) is 17.1. The fraction of sp³-hybridized carbons (Fsp3) is 0.679. The summed E-state index contributed by atoms with van der Waals surface area (Å²) in [5.74, 6) is -0.781. The van der Waals surface area contributed by atoms with Crippen molar-refractivity contribution in [2.24, 2.45) is 0 Å². The van der Waals surface area contributed by atoms with Gasteiger partial charge in [0, 0.05) is 38.1 Å². The molecule has 3 aliphatic rings. The van der Waals surface area contributed by atoms with Crippen LogP contribution in [0.5, 0.6) is 0 Å². The molecule has 1 aromatic heterocycles. The quantitative estimate of drug-likeness (QED) is 0.533. The van der Waals surface area contributed by atoms with Gasteiger partial charge in [-0.3, -0.25) is 14.4 Å². The molecular formula is C28H41N3O4. The predicted octanol–water partition coefficient (Wildman–Crippen LogP) is 4.49. The Morgan fingerprint density at radius 2 is 1.66 bits per heavy atom. The van der Waals surface area contributed by atoms with Gasteiger partial charge in [-0.25, -0.2) is 0 Å². The summed E-state index contributed by atoms with van der Waals surface area (Å²) in [6.07, 6.45) is 20.5. The molecule has 1 saturated carbocycles. The molecule has 2 N–H and O–H groups in total. The molecule has 35 heavy (non-hydrogen) atoms. The topological polar surface area (TPSA) is 89.4 Å². The van der Waals surface area contributed by atoms with E-state index >= 15 is 0 Å². The fourth-order valence-corrected chi connectivity index (χ4v) is 5.51. The molecule has 1 saturated heterocycles. The summed E-state index contributed by atoms with van der Waals surface area (Å²) in [5, 5.41) is 6.01. The summed E-state index contributed by atoms with van der Waals surface area (Å²) < 4.78 is 7.56. The second-order valence-corrected chi connectivity index (χ2v) is 10.4. The van der Waals surface area contributed by atoms with Crippen molar-refractivity contribution >= 4 is 11.8 Å². The maximum Gasteiger partial charge on any atom is 0.256 e. The fourth-order valence-electron chi connectivity index (χ4n) is 5.51. The average molecular weight is 484 g/mol. The number of carbonyl (C=O) groups excluding carboxylic acids is 2. The van der Waals surface area contributed by atoms with Crippen LogP contribution in [0.4, 0.5) is 0 Å². The summed E-state index contributed by atoms with van der Waals surface area (Å²) in [7, 11) is 0. The summed E-state index contributed by atoms with van der Waals surface area (Å²) >= 11 is 0. The number of hydrogen-bond donors (Lipinski definition) is 2. The standard InChI is InChI=1S/C28H41N3O4/c32-26-24(27(33)29-16-15-21-10-5-4-6-11-21)19-31(18-23-14-9-17-35-23)20-25(26)28(34)30-22-12-7-2-1-3-8-13-22/h10,19-20,22-23H,1-9,11-18H2,(H,29,33)(H,30,34). The normalized spacial score (nSPS) is 21.6. The van der Waals surface area contributed by atoms with E-state index < -0.39 is 11.3 Å². The van der Waals surface area contributed by atoms with Gasteiger partial charge in [-0.1, -0.05) is 43.8 Å². The molecule has 0 bridgehead atoms. The van der Waals surface area contributed by atoms with Gasteiger partial charge < -0.3 is 19.9 Å². The molecule has 7 nitrogen and oxygen atoms in total. The molecule has 1 aromatic rings. The van der Waals surface area contributed by atoms with E-state index in [1.807, 2.05) is 0 Å². The summed E-state index contributed by atoms with van der Waals surface area (Å²) in [4.78, 5) is 39.6. The number of nitrogens with one attached hydrogen (secondary N) is 2. The molecule has 192 valence electrons. The highest BCUT2D eigenvalue weighted by Crippen LogP contribution is 2.20. The van der Waals surface area contributed by atoms with E-state index in [9.17, 15) is 14.4 Å². The Morgan fingerprint density at radius 1 is 0.914 bits per heavy atom. The molecule has 0 radical (unpaired) electrons. The van der Waals surface area contributed by atoms with Crippen molar-refractivity contribution in [2.75, 3.05) is 13.2 Å². The Kier molecular flexibility index (Phi) is 9.57. The monoisotopic (exact) mass is 483 g/mol. The molecule has 0 spiro atoms. The molecule has 2 aliphatic carbocycles. The molecule has 2 heterocycles. The van der Waals surface area contributed by atoms with Gasteiger partial charge in [0.25, 0.3) is 11.8 Å². The Morgan fingerprint density at radius 3 is 2.34 bits per heavy atom. The van der Waals surface area contributed by atoms with Crippen molar-refractivity contribution in [1.29, 1.82) is 0 Å². The Labute approximate surface area is 208 Å². The maximum absolute atomic E-state index is 13.3. The van der Waals surface area contributed by atoms with E-state index in [-0.39, 0.29) is 29.2 Å². The second kappa shape index (κ2) is 13.1. The number of allylic oxidation sites excluding steroid dienone is 1. The predicted molar refractivity (Wildman–Crippen MR) is 137 cm³/mol. The van der Waals surface area contributed by atoms with Gasteiger partial charge in [0.1, 0.15) is 11.1 Å². The zero-order valence-corrected chi connectivity index (χ0v) is 21.0. The minimum atomic E-state index is -0.494. The maximum atomic E-state index is 13.3. The number of aromatic nitrogens is 1. The molecule has 7 heteroatoms. The number of pyridine rings is 1. The number of rotatable bonds is 8. The number of nitrogens with zero attached hydrogens (tertiary/aromatic N) is 1. The van der Waals surface area contributed by atoms with Crippen LogP contribution in [-0.2, 0) is 11.3 Å². The van der Waals surface area contributed by atoms with Crippen LogP contribution in [0.25, 0.3) is 0 Å². The minimum Gasteiger partial charge on any atom is -0.376 e. The molecular weight excluding hydrogens is 442 g/mol. The van der Waals surface area contributed by atoms with E-state index in [2.05, 4.69) is 16.7 Å². The van der Waals surface area contributed by atoms with Crippen molar-refractivity contribution in [3.63, 3.8) is 0 Å². The van der Waals surface area contributed by atoms with Crippen molar-refractivity contribution in [3.8, 4) is 0 Å². The number of ether oxygens (including phenoxy) is 1. The van der Waals surface area contributed by atoms with Crippen molar-refractivity contribution in [3.05, 3.63) is 45.4 Å². The minimum absolute atomic E-state index is 0.0333. The highest BCUT2D eigenvalue weighted by atomic mass is 16.5. The van der Waals surface area contributed by atoms with E-state index in [1.165, 1.54) is 37.7 Å². The zero-order valence-electron chi connectivity index (χ0n) is 21.0. The number of hydrogen-bond acceptors (Lipinski definition) is 4. The van der Waals surface area contributed by atoms with Crippen molar-refractivity contribution in [2.45, 2.75) is 109 Å². The zero-order chi connectivity index (χ0) is 24.5. The van der Waals surface area contributed by atoms with E-state index in [0.717, 1.165) is 64.4 Å². The highest BCUT2D eigenvalue weighted by Gasteiger charge is 2.23. The largest absolute Gasteiger partial charge is 0.376 e. The summed E-state index contributed by atoms with van der Waals surface area (Å²) in [6.45, 7) is 1.74. The first-order valence-electron chi connectivity index (χ1n) is 13.7. The third-order valence-corrected chi connectivity index (χ3v) is 7.56. The second-order valence-electron chi connectivity index (χ2n) is 10.4. The summed E-state index contributed by atoms with van der Waals surface area (Å²) in [6, 6.07) is 0.0788. The van der Waals surface area contributed by atoms with Gasteiger partial charge in [-0.15, -0.1) is 0 Å². The molecule has 1 aliphatic heterocycles. The molecule has 1 unspecified atom stereocenters. The molecule has 1 atom stereocenters. The third-order valence-electron chi connectivity index (χ3n) is 7.56. The average Bonchev–Trinajstić information content (AvgIpc) is 3.35. The van der Waals surface area contributed by atoms with E-state index in [1.54, 1.807) is 17.0 Å². The van der Waals surface area contributed by atoms with Crippen molar-refractivity contribution < 1.29 is 14.3 Å². The Balaban J connectivity index is 1.49. The Hall–Kier alpha value is -2.41. The van der Waals surface area contributed by atoms with Crippen LogP contribution in [0.15, 0.2) is 28.8 Å². The lowest BCUT2D eigenvalue weighted by atomic mass is 9.96. The lowest BCUT2D eigenvalue weighted by Crippen LogP contribution is -2.40. The molecule has 4 rings (SSSR count). The van der Waals surface area contributed by atoms with E-state index in [4.69, 9.17) is 4.74 Å². The van der Waals surface area contributed by atoms with Crippen LogP contribution in [0, 0.1) is 0 Å². The first-order valence-corrected chi connectivity index (χ1v) is 13.7. The van der Waals surface area contributed by atoms with Gasteiger partial charge in [0.15, 0.2) is 0 Å². The lowest BCUT2D eigenvalue weighted by molar-refractivity contribution is 0.0914. The lowest BCUT2D eigenvalue weighted by Gasteiger charge is -2.21. The summed E-state index contributed by atoms with van der Waals surface area (Å²) in [5.41, 5.74) is 0.963. The van der Waals surface area contributed by atoms with Gasteiger partial charge >= 0.3 is 0 Å². The van der Waals surface area contributed by atoms with Crippen LogP contribution in [0.2, 0.25) is 0 Å². The Bertz CT molecular complexity index is 953. The van der Waals surface area contributed by atoms with Crippen molar-refractivity contribution in [1.82, 2.24) is 15.2 Å². The van der Waals surface area contributed by atoms with Crippen LogP contribution < -0.4 is 16.1 Å². The van der Waals surface area contributed by atoms with Crippen LogP contribution in [0.1, 0.15) is 111 Å². The highest BCUT2D eigenvalue weighted by molar-refractivity contribution is 5.99. The van der Waals surface area contributed by atoms with Gasteiger partial charge in [0.05, 0.1) is 6.10 Å². The molecule has 2 amide bonds.